The number of carbonyl (C=O) groups excluding carboxylic acids is 1. The lowest BCUT2D eigenvalue weighted by atomic mass is 10.5. The molecule has 0 saturated heterocycles. The monoisotopic (exact) mass is 167 g/mol. The van der Waals surface area contributed by atoms with Crippen molar-refractivity contribution >= 4 is 6.09 Å². The molecule has 0 spiro atoms. The Morgan fingerprint density at radius 1 is 1.55 bits per heavy atom. The number of halogens is 2. The van der Waals surface area contributed by atoms with Crippen LogP contribution in [0.4, 0.5) is 13.6 Å². The van der Waals surface area contributed by atoms with E-state index in [0.29, 0.717) is 0 Å². The summed E-state index contributed by atoms with van der Waals surface area (Å²) < 4.78 is 27.4. The molecule has 0 atom stereocenters. The second-order valence-electron chi connectivity index (χ2n) is 2.23. The van der Waals surface area contributed by atoms with Gasteiger partial charge in [-0.2, -0.15) is 0 Å². The maximum absolute atomic E-state index is 11.5. The van der Waals surface area contributed by atoms with Gasteiger partial charge < -0.3 is 10.1 Å². The van der Waals surface area contributed by atoms with Crippen LogP contribution in [-0.4, -0.2) is 25.2 Å². The van der Waals surface area contributed by atoms with Gasteiger partial charge in [-0.25, -0.2) is 13.6 Å². The van der Waals surface area contributed by atoms with Crippen LogP contribution < -0.4 is 5.32 Å². The maximum atomic E-state index is 11.5. The zero-order valence-corrected chi connectivity index (χ0v) is 6.43. The van der Waals surface area contributed by atoms with Crippen molar-refractivity contribution in [2.75, 3.05) is 6.54 Å². The van der Waals surface area contributed by atoms with E-state index in [1.807, 2.05) is 5.32 Å². The molecule has 11 heavy (non-hydrogen) atoms. The van der Waals surface area contributed by atoms with E-state index in [4.69, 9.17) is 0 Å². The van der Waals surface area contributed by atoms with E-state index in [0.717, 1.165) is 0 Å². The second kappa shape index (κ2) is 4.87. The molecular weight excluding hydrogens is 156 g/mol. The highest BCUT2D eigenvalue weighted by Crippen LogP contribution is 1.91. The van der Waals surface area contributed by atoms with E-state index < -0.39 is 19.1 Å². The Morgan fingerprint density at radius 2 is 2.09 bits per heavy atom. The van der Waals surface area contributed by atoms with Gasteiger partial charge in [0.05, 0.1) is 12.6 Å². The quantitative estimate of drug-likeness (QED) is 0.689. The molecule has 0 aliphatic rings. The van der Waals surface area contributed by atoms with E-state index in [-0.39, 0.29) is 6.10 Å². The summed E-state index contributed by atoms with van der Waals surface area (Å²) in [7, 11) is 0. The van der Waals surface area contributed by atoms with Crippen molar-refractivity contribution in [3.05, 3.63) is 0 Å². The minimum absolute atomic E-state index is 0.285. The molecule has 0 heterocycles. The molecule has 0 bridgehead atoms. The summed E-state index contributed by atoms with van der Waals surface area (Å²) in [5, 5.41) is 1.90. The largest absolute Gasteiger partial charge is 0.447 e. The molecule has 0 aromatic heterocycles. The molecule has 0 aromatic carbocycles. The third-order valence-corrected chi connectivity index (χ3v) is 0.743. The van der Waals surface area contributed by atoms with Gasteiger partial charge in [-0.1, -0.05) is 0 Å². The molecule has 0 aromatic rings. The number of carbonyl (C=O) groups is 1. The molecule has 0 rings (SSSR count). The first-order chi connectivity index (χ1) is 5.02. The third-order valence-electron chi connectivity index (χ3n) is 0.743. The van der Waals surface area contributed by atoms with Gasteiger partial charge in [0.15, 0.2) is 0 Å². The van der Waals surface area contributed by atoms with E-state index in [1.165, 1.54) is 0 Å². The summed E-state index contributed by atoms with van der Waals surface area (Å²) in [5.74, 6) is 0. The number of ether oxygens (including phenoxy) is 1. The third kappa shape index (κ3) is 7.02. The Kier molecular flexibility index (Phi) is 4.49. The smallest absolute Gasteiger partial charge is 0.407 e. The molecule has 0 saturated carbocycles. The van der Waals surface area contributed by atoms with Crippen LogP contribution in [-0.2, 0) is 4.74 Å². The number of rotatable bonds is 3. The van der Waals surface area contributed by atoms with E-state index in [1.54, 1.807) is 13.8 Å². The van der Waals surface area contributed by atoms with Gasteiger partial charge in [0.1, 0.15) is 0 Å². The molecular formula is C6H11F2NO2. The van der Waals surface area contributed by atoms with Crippen LogP contribution in [0.15, 0.2) is 0 Å². The van der Waals surface area contributed by atoms with Crippen LogP contribution >= 0.6 is 0 Å². The van der Waals surface area contributed by atoms with Crippen molar-refractivity contribution in [2.24, 2.45) is 0 Å². The fraction of sp³-hybridized carbons (Fsp3) is 0.833. The number of alkyl halides is 2. The number of nitrogens with one attached hydrogen (secondary N) is 1. The molecule has 3 nitrogen and oxygen atoms in total. The molecule has 0 fully saturated rings. The van der Waals surface area contributed by atoms with Crippen molar-refractivity contribution in [1.29, 1.82) is 0 Å². The van der Waals surface area contributed by atoms with Gasteiger partial charge in [0, 0.05) is 0 Å². The van der Waals surface area contributed by atoms with E-state index in [2.05, 4.69) is 4.74 Å². The van der Waals surface area contributed by atoms with Gasteiger partial charge in [-0.3, -0.25) is 0 Å². The van der Waals surface area contributed by atoms with Gasteiger partial charge in [-0.05, 0) is 13.8 Å². The van der Waals surface area contributed by atoms with Gasteiger partial charge >= 0.3 is 6.09 Å². The summed E-state index contributed by atoms with van der Waals surface area (Å²) in [5.41, 5.74) is 0. The molecule has 0 aliphatic heterocycles. The summed E-state index contributed by atoms with van der Waals surface area (Å²) >= 11 is 0. The fourth-order valence-electron chi connectivity index (χ4n) is 0.416. The number of amides is 1. The van der Waals surface area contributed by atoms with Crippen LogP contribution in [0.3, 0.4) is 0 Å². The van der Waals surface area contributed by atoms with Crippen LogP contribution in [0.1, 0.15) is 13.8 Å². The van der Waals surface area contributed by atoms with Crippen molar-refractivity contribution in [3.63, 3.8) is 0 Å². The molecule has 1 amide bonds. The first-order valence-corrected chi connectivity index (χ1v) is 3.25. The first-order valence-electron chi connectivity index (χ1n) is 3.25. The highest BCUT2D eigenvalue weighted by Gasteiger charge is 2.07. The highest BCUT2D eigenvalue weighted by molar-refractivity contribution is 5.67. The SMILES string of the molecule is CC(C)OC(=O)NCC(F)F. The molecule has 1 N–H and O–H groups in total. The summed E-state index contributed by atoms with van der Waals surface area (Å²) in [6, 6.07) is 0. The van der Waals surface area contributed by atoms with Crippen LogP contribution in [0.25, 0.3) is 0 Å². The average molecular weight is 167 g/mol. The summed E-state index contributed by atoms with van der Waals surface area (Å²) in [4.78, 5) is 10.5. The average Bonchev–Trinajstić information content (AvgIpc) is 1.82. The van der Waals surface area contributed by atoms with Crippen molar-refractivity contribution in [1.82, 2.24) is 5.32 Å². The summed E-state index contributed by atoms with van der Waals surface area (Å²) in [6.45, 7) is 2.62. The van der Waals surface area contributed by atoms with Crippen LogP contribution in [0.5, 0.6) is 0 Å². The fourth-order valence-corrected chi connectivity index (χ4v) is 0.416. The lowest BCUT2D eigenvalue weighted by Gasteiger charge is -2.08. The lowest BCUT2D eigenvalue weighted by molar-refractivity contribution is 0.100. The van der Waals surface area contributed by atoms with Gasteiger partial charge in [0.2, 0.25) is 0 Å². The minimum atomic E-state index is -2.53. The number of alkyl carbamates (subject to hydrolysis) is 1. The topological polar surface area (TPSA) is 38.3 Å². The maximum Gasteiger partial charge on any atom is 0.407 e. The standard InChI is InChI=1S/C6H11F2NO2/c1-4(2)11-6(10)9-3-5(7)8/h4-5H,3H2,1-2H3,(H,9,10). The van der Waals surface area contributed by atoms with Gasteiger partial charge in [-0.15, -0.1) is 0 Å². The molecule has 0 aliphatic carbocycles. The van der Waals surface area contributed by atoms with Crippen molar-refractivity contribution in [3.8, 4) is 0 Å². The molecule has 0 unspecified atom stereocenters. The molecule has 0 radical (unpaired) electrons. The Hall–Kier alpha value is -0.870. The predicted octanol–water partition coefficient (Wildman–Crippen LogP) is 1.39. The second-order valence-corrected chi connectivity index (χ2v) is 2.23. The Balaban J connectivity index is 3.38. The van der Waals surface area contributed by atoms with Crippen LogP contribution in [0, 0.1) is 0 Å². The lowest BCUT2D eigenvalue weighted by Crippen LogP contribution is -2.30. The Labute approximate surface area is 63.7 Å². The Morgan fingerprint density at radius 3 is 2.45 bits per heavy atom. The summed E-state index contributed by atoms with van der Waals surface area (Å²) in [6.07, 6.45) is -3.62. The zero-order chi connectivity index (χ0) is 8.85. The number of hydrogen-bond donors (Lipinski definition) is 1. The van der Waals surface area contributed by atoms with Crippen molar-refractivity contribution < 1.29 is 18.3 Å². The van der Waals surface area contributed by atoms with E-state index >= 15 is 0 Å². The minimum Gasteiger partial charge on any atom is -0.447 e. The normalized spacial score (nSPS) is 10.4. The zero-order valence-electron chi connectivity index (χ0n) is 6.43. The highest BCUT2D eigenvalue weighted by atomic mass is 19.3. The van der Waals surface area contributed by atoms with Crippen LogP contribution in [0.2, 0.25) is 0 Å². The number of hydrogen-bond acceptors (Lipinski definition) is 2. The first kappa shape index (κ1) is 10.1. The van der Waals surface area contributed by atoms with Crippen molar-refractivity contribution in [2.45, 2.75) is 26.4 Å². The van der Waals surface area contributed by atoms with E-state index in [9.17, 15) is 13.6 Å². The Bertz CT molecular complexity index is 128. The van der Waals surface area contributed by atoms with Gasteiger partial charge in [0.25, 0.3) is 6.43 Å². The molecule has 5 heteroatoms. The predicted molar refractivity (Wildman–Crippen MR) is 35.6 cm³/mol. The molecule has 66 valence electrons.